The van der Waals surface area contributed by atoms with Crippen LogP contribution in [0, 0.1) is 0 Å². The van der Waals surface area contributed by atoms with Crippen molar-refractivity contribution >= 4 is 5.69 Å². The third-order valence-corrected chi connectivity index (χ3v) is 7.36. The van der Waals surface area contributed by atoms with Gasteiger partial charge in [0.2, 0.25) is 0 Å². The number of aliphatic hydroxyl groups is 1. The minimum atomic E-state index is -5.79. The summed E-state index contributed by atoms with van der Waals surface area (Å²) >= 11 is -1.68. The number of rotatable bonds is 10. The first-order valence-corrected chi connectivity index (χ1v) is 14.8. The molecule has 38 heavy (non-hydrogen) atoms. The van der Waals surface area contributed by atoms with Crippen LogP contribution in [0.2, 0.25) is 0 Å². The van der Waals surface area contributed by atoms with Gasteiger partial charge in [0.25, 0.3) is 0 Å². The second-order valence-electron chi connectivity index (χ2n) is 7.81. The Morgan fingerprint density at radius 2 is 1.42 bits per heavy atom. The van der Waals surface area contributed by atoms with Crippen LogP contribution in [0.3, 0.4) is 0 Å². The van der Waals surface area contributed by atoms with E-state index in [1.165, 1.54) is 28.0 Å². The number of ether oxygens (including phenoxy) is 1. The van der Waals surface area contributed by atoms with Gasteiger partial charge in [-0.2, -0.15) is 0 Å². The summed E-state index contributed by atoms with van der Waals surface area (Å²) < 4.78 is 97.2. The Morgan fingerprint density at radius 3 is 2.03 bits per heavy atom. The number of para-hydroxylation sites is 1. The Bertz CT molecular complexity index is 1140. The van der Waals surface area contributed by atoms with Crippen molar-refractivity contribution in [2.24, 2.45) is 0 Å². The minimum absolute atomic E-state index is 0.0209. The van der Waals surface area contributed by atoms with Crippen molar-refractivity contribution < 1.29 is 61.8 Å². The van der Waals surface area contributed by atoms with E-state index in [4.69, 9.17) is 4.74 Å². The van der Waals surface area contributed by atoms with E-state index < -0.39 is 55.4 Å². The average Bonchev–Trinajstić information content (AvgIpc) is 2.89. The van der Waals surface area contributed by atoms with Gasteiger partial charge in [-0.05, 0) is 0 Å². The molecule has 0 bridgehead atoms. The molecule has 0 heterocycles. The van der Waals surface area contributed by atoms with Gasteiger partial charge >= 0.3 is 214 Å². The van der Waals surface area contributed by atoms with Crippen LogP contribution in [0.4, 0.5) is 36.4 Å². The fourth-order valence-electron chi connectivity index (χ4n) is 3.32. The molecule has 0 aromatic heterocycles. The van der Waals surface area contributed by atoms with Crippen molar-refractivity contribution in [2.45, 2.75) is 42.5 Å². The maximum absolute atomic E-state index is 14.2. The van der Waals surface area contributed by atoms with Gasteiger partial charge < -0.3 is 0 Å². The molecule has 0 aliphatic rings. The SMILES string of the molecule is CC.C[I-]C(F)(F)[C@H](O)CN(Cc1cccc(C(F)(F)C(F)(F)F)c1)c1cccc(Oc2ccccc2)c1. The molecule has 3 aromatic carbocycles. The predicted molar refractivity (Wildman–Crippen MR) is 129 cm³/mol. The van der Waals surface area contributed by atoms with Gasteiger partial charge in [0.05, 0.1) is 0 Å². The second-order valence-corrected chi connectivity index (χ2v) is 10.3. The molecule has 0 fully saturated rings. The van der Waals surface area contributed by atoms with Crippen LogP contribution in [0.1, 0.15) is 25.0 Å². The van der Waals surface area contributed by atoms with Crippen LogP contribution in [0.25, 0.3) is 0 Å². The van der Waals surface area contributed by atoms with E-state index in [2.05, 4.69) is 0 Å². The molecular weight excluding hydrogens is 630 g/mol. The molecule has 0 radical (unpaired) electrons. The Labute approximate surface area is 227 Å². The van der Waals surface area contributed by atoms with Gasteiger partial charge in [-0.15, -0.1) is 0 Å². The normalized spacial score (nSPS) is 12.9. The number of nitrogens with zero attached hydrogens (tertiary/aromatic N) is 1. The number of hydrogen-bond acceptors (Lipinski definition) is 3. The van der Waals surface area contributed by atoms with Gasteiger partial charge in [0.15, 0.2) is 0 Å². The Morgan fingerprint density at radius 1 is 0.816 bits per heavy atom. The van der Waals surface area contributed by atoms with Gasteiger partial charge in [-0.3, -0.25) is 0 Å². The number of alkyl halides is 9. The molecule has 0 amide bonds. The average molecular weight is 658 g/mol. The number of anilines is 1. The van der Waals surface area contributed by atoms with Crippen LogP contribution in [-0.4, -0.2) is 32.8 Å². The van der Waals surface area contributed by atoms with Crippen molar-refractivity contribution in [1.29, 1.82) is 0 Å². The first kappa shape index (κ1) is 31.7. The molecule has 1 atom stereocenters. The third-order valence-electron chi connectivity index (χ3n) is 5.20. The summed E-state index contributed by atoms with van der Waals surface area (Å²) in [6, 6.07) is 18.6. The summed E-state index contributed by atoms with van der Waals surface area (Å²) in [7, 11) is 0. The van der Waals surface area contributed by atoms with E-state index >= 15 is 0 Å². The number of hydrogen-bond donors (Lipinski definition) is 1. The van der Waals surface area contributed by atoms with Crippen LogP contribution in [0.5, 0.6) is 11.5 Å². The standard InChI is InChI=1S/C25H22F7INO2.C2H6/c1-33-24(28,29)22(35)16-34(15-17-7-5-8-18(13-17)23(26,27)25(30,31)32)19-9-6-12-21(14-19)36-20-10-3-2-4-11-20;1-2/h2-14,22,35H,15-16H2,1H3;1-2H3/q-1;/t22-;/m1./s1. The Balaban J connectivity index is 0.00000247. The van der Waals surface area contributed by atoms with E-state index in [1.807, 2.05) is 13.8 Å². The summed E-state index contributed by atoms with van der Waals surface area (Å²) in [4.78, 5) is 2.60. The van der Waals surface area contributed by atoms with Gasteiger partial charge in [0.1, 0.15) is 0 Å². The van der Waals surface area contributed by atoms with Crippen LogP contribution < -0.4 is 30.8 Å². The number of aliphatic hydroxyl groups excluding tert-OH is 1. The molecule has 0 unspecified atom stereocenters. The van der Waals surface area contributed by atoms with Crippen molar-refractivity contribution in [1.82, 2.24) is 0 Å². The fraction of sp³-hybridized carbons (Fsp3) is 0.333. The van der Waals surface area contributed by atoms with Gasteiger partial charge in [0, 0.05) is 0 Å². The van der Waals surface area contributed by atoms with E-state index in [1.54, 1.807) is 42.5 Å². The topological polar surface area (TPSA) is 32.7 Å². The summed E-state index contributed by atoms with van der Waals surface area (Å²) in [5.74, 6) is -4.24. The summed E-state index contributed by atoms with van der Waals surface area (Å²) in [5, 5.41) is 10.2. The molecule has 3 nitrogen and oxygen atoms in total. The second kappa shape index (κ2) is 13.5. The molecule has 0 aliphatic carbocycles. The monoisotopic (exact) mass is 658 g/mol. The van der Waals surface area contributed by atoms with Gasteiger partial charge in [-0.1, -0.05) is 13.8 Å². The zero-order chi connectivity index (χ0) is 28.6. The number of halogens is 8. The van der Waals surface area contributed by atoms with Crippen molar-refractivity contribution in [3.8, 4) is 11.5 Å². The Kier molecular flexibility index (Phi) is 11.3. The molecule has 3 rings (SSSR count). The molecule has 0 saturated carbocycles. The third kappa shape index (κ3) is 8.23. The first-order chi connectivity index (χ1) is 17.8. The fourth-order valence-corrected chi connectivity index (χ4v) is 4.23. The molecule has 1 N–H and O–H groups in total. The molecule has 0 saturated heterocycles. The molecular formula is C27H28F7INO2-. The van der Waals surface area contributed by atoms with Gasteiger partial charge in [-0.25, -0.2) is 0 Å². The summed E-state index contributed by atoms with van der Waals surface area (Å²) in [6.45, 7) is 3.10. The van der Waals surface area contributed by atoms with Crippen LogP contribution in [-0.2, 0) is 12.5 Å². The van der Waals surface area contributed by atoms with E-state index in [0.29, 0.717) is 29.3 Å². The van der Waals surface area contributed by atoms with E-state index in [0.717, 1.165) is 6.07 Å². The Hall–Kier alpha value is -2.54. The van der Waals surface area contributed by atoms with Crippen LogP contribution >= 0.6 is 0 Å². The molecule has 0 aliphatic heterocycles. The molecule has 0 spiro atoms. The molecule has 11 heteroatoms. The zero-order valence-electron chi connectivity index (χ0n) is 20.8. The summed E-state index contributed by atoms with van der Waals surface area (Å²) in [5.41, 5.74) is -0.938. The van der Waals surface area contributed by atoms with Crippen molar-refractivity contribution in [3.63, 3.8) is 0 Å². The maximum atomic E-state index is 14.2. The first-order valence-electron chi connectivity index (χ1n) is 11.5. The zero-order valence-corrected chi connectivity index (χ0v) is 23.0. The van der Waals surface area contributed by atoms with Crippen molar-refractivity contribution in [3.05, 3.63) is 90.0 Å². The predicted octanol–water partition coefficient (Wildman–Crippen LogP) is 4.84. The quantitative estimate of drug-likeness (QED) is 0.193. The molecule has 3 aromatic rings. The molecule has 210 valence electrons. The van der Waals surface area contributed by atoms with Crippen LogP contribution in [0.15, 0.2) is 78.9 Å². The van der Waals surface area contributed by atoms with E-state index in [-0.39, 0.29) is 12.1 Å². The summed E-state index contributed by atoms with van der Waals surface area (Å²) in [6.07, 6.45) is -7.87. The van der Waals surface area contributed by atoms with Crippen molar-refractivity contribution in [2.75, 3.05) is 16.4 Å². The number of benzene rings is 3. The van der Waals surface area contributed by atoms with E-state index in [9.17, 15) is 35.8 Å².